The van der Waals surface area contributed by atoms with Crippen LogP contribution < -0.4 is 5.32 Å². The Balaban J connectivity index is 1.59. The third-order valence-electron chi connectivity index (χ3n) is 3.63. The lowest BCUT2D eigenvalue weighted by molar-refractivity contribution is 0.242. The van der Waals surface area contributed by atoms with E-state index in [9.17, 15) is 0 Å². The molecule has 0 radical (unpaired) electrons. The molecule has 0 atom stereocenters. The van der Waals surface area contributed by atoms with Crippen LogP contribution in [0.5, 0.6) is 0 Å². The van der Waals surface area contributed by atoms with Gasteiger partial charge in [0.1, 0.15) is 18.1 Å². The van der Waals surface area contributed by atoms with Gasteiger partial charge in [0.25, 0.3) is 0 Å². The van der Waals surface area contributed by atoms with Crippen molar-refractivity contribution in [2.45, 2.75) is 51.7 Å². The summed E-state index contributed by atoms with van der Waals surface area (Å²) in [6, 6.07) is 3.76. The van der Waals surface area contributed by atoms with E-state index in [0.29, 0.717) is 5.76 Å². The molecular weight excluding hydrogens is 214 g/mol. The third kappa shape index (κ3) is 4.17. The summed E-state index contributed by atoms with van der Waals surface area (Å²) in [5.74, 6) is 2.49. The predicted molar refractivity (Wildman–Crippen MR) is 67.5 cm³/mol. The normalized spacial score (nSPS) is 17.5. The first-order valence-corrected chi connectivity index (χ1v) is 6.77. The molecule has 0 bridgehead atoms. The van der Waals surface area contributed by atoms with Crippen molar-refractivity contribution >= 4 is 0 Å². The molecule has 1 aromatic heterocycles. The van der Waals surface area contributed by atoms with Crippen molar-refractivity contribution < 1.29 is 9.52 Å². The van der Waals surface area contributed by atoms with Gasteiger partial charge in [-0.1, -0.05) is 32.1 Å². The van der Waals surface area contributed by atoms with Crippen molar-refractivity contribution in [1.82, 2.24) is 5.32 Å². The number of nitrogens with one attached hydrogen (secondary N) is 1. The number of furan rings is 1. The lowest BCUT2D eigenvalue weighted by Crippen LogP contribution is -2.18. The molecule has 1 aliphatic rings. The summed E-state index contributed by atoms with van der Waals surface area (Å²) in [5, 5.41) is 12.3. The lowest BCUT2D eigenvalue weighted by Gasteiger charge is -2.21. The second kappa shape index (κ2) is 6.82. The molecule has 2 N–H and O–H groups in total. The van der Waals surface area contributed by atoms with Crippen molar-refractivity contribution in [2.24, 2.45) is 5.92 Å². The Hall–Kier alpha value is -0.800. The van der Waals surface area contributed by atoms with Crippen molar-refractivity contribution in [3.63, 3.8) is 0 Å². The molecule has 1 aromatic rings. The molecule has 0 aromatic carbocycles. The number of aliphatic hydroxyl groups is 1. The zero-order chi connectivity index (χ0) is 11.9. The number of hydrogen-bond acceptors (Lipinski definition) is 3. The van der Waals surface area contributed by atoms with E-state index in [0.717, 1.165) is 24.8 Å². The molecular formula is C14H23NO2. The first kappa shape index (κ1) is 12.7. The molecule has 0 amide bonds. The average Bonchev–Trinajstić information content (AvgIpc) is 2.84. The molecule has 2 rings (SSSR count). The van der Waals surface area contributed by atoms with Crippen LogP contribution in [0.25, 0.3) is 0 Å². The van der Waals surface area contributed by atoms with Crippen molar-refractivity contribution in [3.05, 3.63) is 23.7 Å². The van der Waals surface area contributed by atoms with Gasteiger partial charge in [0.2, 0.25) is 0 Å². The zero-order valence-electron chi connectivity index (χ0n) is 10.5. The summed E-state index contributed by atoms with van der Waals surface area (Å²) in [6.45, 7) is 1.83. The maximum absolute atomic E-state index is 8.88. The SMILES string of the molecule is OCc1ccc(CNCCC2CCCCC2)o1. The summed E-state index contributed by atoms with van der Waals surface area (Å²) in [4.78, 5) is 0. The molecule has 1 saturated carbocycles. The van der Waals surface area contributed by atoms with E-state index in [-0.39, 0.29) is 6.61 Å². The van der Waals surface area contributed by atoms with Crippen LogP contribution in [0.2, 0.25) is 0 Å². The molecule has 0 unspecified atom stereocenters. The van der Waals surface area contributed by atoms with Crippen molar-refractivity contribution in [2.75, 3.05) is 6.54 Å². The molecule has 0 saturated heterocycles. The Kier molecular flexibility index (Phi) is 5.08. The molecule has 17 heavy (non-hydrogen) atoms. The van der Waals surface area contributed by atoms with Crippen LogP contribution in [0.15, 0.2) is 16.5 Å². The molecule has 0 aliphatic heterocycles. The number of aliphatic hydroxyl groups excluding tert-OH is 1. The Labute approximate surface area is 103 Å². The van der Waals surface area contributed by atoms with E-state index in [1.165, 1.54) is 38.5 Å². The van der Waals surface area contributed by atoms with Crippen molar-refractivity contribution in [1.29, 1.82) is 0 Å². The first-order chi connectivity index (χ1) is 8.38. The molecule has 1 fully saturated rings. The minimum atomic E-state index is -0.0118. The summed E-state index contributed by atoms with van der Waals surface area (Å²) in [5.41, 5.74) is 0. The summed E-state index contributed by atoms with van der Waals surface area (Å²) in [6.07, 6.45) is 8.38. The van der Waals surface area contributed by atoms with Gasteiger partial charge in [-0.25, -0.2) is 0 Å². The number of rotatable bonds is 6. The van der Waals surface area contributed by atoms with Gasteiger partial charge in [-0.3, -0.25) is 0 Å². The highest BCUT2D eigenvalue weighted by molar-refractivity contribution is 5.05. The highest BCUT2D eigenvalue weighted by Gasteiger charge is 2.12. The van der Waals surface area contributed by atoms with Gasteiger partial charge in [-0.2, -0.15) is 0 Å². The fourth-order valence-electron chi connectivity index (χ4n) is 2.60. The van der Waals surface area contributed by atoms with Crippen LogP contribution in [0.4, 0.5) is 0 Å². The predicted octanol–water partition coefficient (Wildman–Crippen LogP) is 2.83. The van der Waals surface area contributed by atoms with Crippen LogP contribution in [0.1, 0.15) is 50.0 Å². The molecule has 3 nitrogen and oxygen atoms in total. The lowest BCUT2D eigenvalue weighted by atomic mass is 9.87. The fraction of sp³-hybridized carbons (Fsp3) is 0.714. The largest absolute Gasteiger partial charge is 0.462 e. The van der Waals surface area contributed by atoms with Crippen LogP contribution >= 0.6 is 0 Å². The molecule has 1 aliphatic carbocycles. The van der Waals surface area contributed by atoms with Gasteiger partial charge >= 0.3 is 0 Å². The smallest absolute Gasteiger partial charge is 0.129 e. The maximum Gasteiger partial charge on any atom is 0.129 e. The van der Waals surface area contributed by atoms with E-state index < -0.39 is 0 Å². The van der Waals surface area contributed by atoms with E-state index in [4.69, 9.17) is 9.52 Å². The quantitative estimate of drug-likeness (QED) is 0.748. The molecule has 1 heterocycles. The van der Waals surface area contributed by atoms with Crippen LogP contribution in [-0.2, 0) is 13.2 Å². The Morgan fingerprint density at radius 3 is 2.65 bits per heavy atom. The van der Waals surface area contributed by atoms with Gasteiger partial charge in [-0.05, 0) is 31.0 Å². The monoisotopic (exact) mass is 237 g/mol. The van der Waals surface area contributed by atoms with E-state index in [1.807, 2.05) is 12.1 Å². The van der Waals surface area contributed by atoms with Gasteiger partial charge in [0.15, 0.2) is 0 Å². The Morgan fingerprint density at radius 2 is 1.94 bits per heavy atom. The van der Waals surface area contributed by atoms with Crippen LogP contribution in [0, 0.1) is 5.92 Å². The molecule has 96 valence electrons. The van der Waals surface area contributed by atoms with Gasteiger partial charge in [0, 0.05) is 0 Å². The maximum atomic E-state index is 8.88. The minimum absolute atomic E-state index is 0.0118. The van der Waals surface area contributed by atoms with Gasteiger partial charge < -0.3 is 14.8 Å². The summed E-state index contributed by atoms with van der Waals surface area (Å²) < 4.78 is 5.41. The topological polar surface area (TPSA) is 45.4 Å². The highest BCUT2D eigenvalue weighted by atomic mass is 16.4. The first-order valence-electron chi connectivity index (χ1n) is 6.77. The Bertz CT molecular complexity index is 316. The highest BCUT2D eigenvalue weighted by Crippen LogP contribution is 2.25. The second-order valence-corrected chi connectivity index (χ2v) is 5.00. The summed E-state index contributed by atoms with van der Waals surface area (Å²) in [7, 11) is 0. The number of hydrogen-bond donors (Lipinski definition) is 2. The molecule has 3 heteroatoms. The van der Waals surface area contributed by atoms with Gasteiger partial charge in [-0.15, -0.1) is 0 Å². The third-order valence-corrected chi connectivity index (χ3v) is 3.63. The summed E-state index contributed by atoms with van der Waals surface area (Å²) >= 11 is 0. The van der Waals surface area contributed by atoms with E-state index in [1.54, 1.807) is 0 Å². The minimum Gasteiger partial charge on any atom is -0.462 e. The average molecular weight is 237 g/mol. The molecule has 0 spiro atoms. The van der Waals surface area contributed by atoms with Crippen LogP contribution in [0.3, 0.4) is 0 Å². The van der Waals surface area contributed by atoms with E-state index in [2.05, 4.69) is 5.32 Å². The second-order valence-electron chi connectivity index (χ2n) is 5.00. The van der Waals surface area contributed by atoms with Gasteiger partial charge in [0.05, 0.1) is 6.54 Å². The van der Waals surface area contributed by atoms with E-state index >= 15 is 0 Å². The van der Waals surface area contributed by atoms with Crippen molar-refractivity contribution in [3.8, 4) is 0 Å². The zero-order valence-corrected chi connectivity index (χ0v) is 10.5. The standard InChI is InChI=1S/C14H23NO2/c16-11-14-7-6-13(17-14)10-15-9-8-12-4-2-1-3-5-12/h6-7,12,15-16H,1-5,8-11H2. The Morgan fingerprint density at radius 1 is 1.18 bits per heavy atom. The fourth-order valence-corrected chi connectivity index (χ4v) is 2.60. The van der Waals surface area contributed by atoms with Crippen LogP contribution in [-0.4, -0.2) is 11.7 Å².